The van der Waals surface area contributed by atoms with Crippen molar-refractivity contribution in [1.29, 1.82) is 0 Å². The molecule has 0 saturated heterocycles. The van der Waals surface area contributed by atoms with Gasteiger partial charge in [0.2, 0.25) is 0 Å². The molecule has 0 amide bonds. The van der Waals surface area contributed by atoms with Crippen LogP contribution in [0.25, 0.3) is 6.08 Å². The van der Waals surface area contributed by atoms with Gasteiger partial charge in [0.25, 0.3) is 0 Å². The Morgan fingerprint density at radius 2 is 1.61 bits per heavy atom. The summed E-state index contributed by atoms with van der Waals surface area (Å²) < 4.78 is 13.4. The van der Waals surface area contributed by atoms with E-state index in [-0.39, 0.29) is 16.2 Å². The lowest BCUT2D eigenvalue weighted by molar-refractivity contribution is 0.217. The first kappa shape index (κ1) is 33.5. The first-order chi connectivity index (χ1) is 16.2. The molecule has 2 atom stereocenters. The van der Waals surface area contributed by atoms with E-state index in [0.29, 0.717) is 5.92 Å². The SMILES string of the molecule is CC(=CCC(O[Si](C)(C)C(C)(C)C)C(C)=Cc1csc(C)n1)CCCC(C)CO[Si](C)(C)C(C)(C)C. The second-order valence-electron chi connectivity index (χ2n) is 13.9. The number of hydrogen-bond acceptors (Lipinski definition) is 4. The van der Waals surface area contributed by atoms with Crippen LogP contribution in [0.1, 0.15) is 98.7 Å². The Labute approximate surface area is 230 Å². The summed E-state index contributed by atoms with van der Waals surface area (Å²) in [6, 6.07) is 0. The molecule has 1 aromatic rings. The summed E-state index contributed by atoms with van der Waals surface area (Å²) in [5, 5.41) is 3.71. The highest BCUT2D eigenvalue weighted by atomic mass is 32.1. The molecule has 0 bridgehead atoms. The molecule has 0 radical (unpaired) electrons. The van der Waals surface area contributed by atoms with E-state index < -0.39 is 16.6 Å². The molecular weight excluding hydrogens is 495 g/mol. The molecule has 0 aliphatic rings. The van der Waals surface area contributed by atoms with E-state index in [1.807, 2.05) is 0 Å². The van der Waals surface area contributed by atoms with Crippen molar-refractivity contribution in [3.63, 3.8) is 0 Å². The van der Waals surface area contributed by atoms with Crippen LogP contribution in [0.4, 0.5) is 0 Å². The summed E-state index contributed by atoms with van der Waals surface area (Å²) in [5.41, 5.74) is 3.78. The molecule has 3 nitrogen and oxygen atoms in total. The maximum atomic E-state index is 6.92. The lowest BCUT2D eigenvalue weighted by Gasteiger charge is -2.39. The number of aryl methyl sites for hydroxylation is 1. The highest BCUT2D eigenvalue weighted by molar-refractivity contribution is 7.09. The van der Waals surface area contributed by atoms with Gasteiger partial charge in [-0.3, -0.25) is 0 Å². The molecule has 1 aromatic heterocycles. The van der Waals surface area contributed by atoms with Gasteiger partial charge < -0.3 is 8.85 Å². The Balaban J connectivity index is 2.77. The van der Waals surface area contributed by atoms with Crippen LogP contribution in [0.5, 0.6) is 0 Å². The van der Waals surface area contributed by atoms with Crippen LogP contribution in [0.15, 0.2) is 22.6 Å². The zero-order valence-electron chi connectivity index (χ0n) is 26.1. The molecule has 0 saturated carbocycles. The van der Waals surface area contributed by atoms with Crippen LogP contribution in [0.2, 0.25) is 36.3 Å². The molecular formula is C30H57NO2SSi2. The van der Waals surface area contributed by atoms with Gasteiger partial charge in [-0.15, -0.1) is 11.3 Å². The first-order valence-electron chi connectivity index (χ1n) is 13.8. The van der Waals surface area contributed by atoms with Crippen molar-refractivity contribution in [3.8, 4) is 0 Å². The van der Waals surface area contributed by atoms with Crippen LogP contribution >= 0.6 is 11.3 Å². The molecule has 0 aliphatic carbocycles. The minimum absolute atomic E-state index is 0.0970. The summed E-state index contributed by atoms with van der Waals surface area (Å²) >= 11 is 1.70. The Kier molecular flexibility index (Phi) is 12.6. The molecule has 0 spiro atoms. The zero-order chi connectivity index (χ0) is 27.9. The Morgan fingerprint density at radius 3 is 2.11 bits per heavy atom. The van der Waals surface area contributed by atoms with Crippen LogP contribution in [0.3, 0.4) is 0 Å². The minimum atomic E-state index is -1.89. The zero-order valence-corrected chi connectivity index (χ0v) is 28.9. The molecule has 208 valence electrons. The Bertz CT molecular complexity index is 872. The third-order valence-corrected chi connectivity index (χ3v) is 18.0. The summed E-state index contributed by atoms with van der Waals surface area (Å²) in [4.78, 5) is 4.65. The number of rotatable bonds is 13. The van der Waals surface area contributed by atoms with Crippen LogP contribution in [-0.4, -0.2) is 34.3 Å². The van der Waals surface area contributed by atoms with Crippen molar-refractivity contribution >= 4 is 34.0 Å². The molecule has 0 N–H and O–H groups in total. The number of hydrogen-bond donors (Lipinski definition) is 0. The third-order valence-electron chi connectivity index (χ3n) is 8.25. The maximum absolute atomic E-state index is 6.92. The highest BCUT2D eigenvalue weighted by Crippen LogP contribution is 2.39. The third kappa shape index (κ3) is 11.1. The van der Waals surface area contributed by atoms with Crippen LogP contribution in [-0.2, 0) is 8.85 Å². The van der Waals surface area contributed by atoms with Crippen molar-refractivity contribution in [3.05, 3.63) is 33.3 Å². The van der Waals surface area contributed by atoms with E-state index in [9.17, 15) is 0 Å². The predicted molar refractivity (Wildman–Crippen MR) is 167 cm³/mol. The van der Waals surface area contributed by atoms with Gasteiger partial charge in [0.05, 0.1) is 16.8 Å². The van der Waals surface area contributed by atoms with Crippen LogP contribution < -0.4 is 0 Å². The van der Waals surface area contributed by atoms with E-state index in [1.165, 1.54) is 24.0 Å². The fraction of sp³-hybridized carbons (Fsp3) is 0.767. The number of nitrogens with zero attached hydrogens (tertiary/aromatic N) is 1. The van der Waals surface area contributed by atoms with Gasteiger partial charge in [-0.25, -0.2) is 4.98 Å². The van der Waals surface area contributed by atoms with E-state index in [1.54, 1.807) is 11.3 Å². The second kappa shape index (κ2) is 13.5. The van der Waals surface area contributed by atoms with Crippen molar-refractivity contribution in [2.45, 2.75) is 137 Å². The first-order valence-corrected chi connectivity index (χ1v) is 20.5. The summed E-state index contributed by atoms with van der Waals surface area (Å²) in [7, 11) is -3.55. The van der Waals surface area contributed by atoms with Gasteiger partial charge >= 0.3 is 0 Å². The number of thiazole rings is 1. The molecule has 36 heavy (non-hydrogen) atoms. The maximum Gasteiger partial charge on any atom is 0.192 e. The molecule has 1 rings (SSSR count). The lowest BCUT2D eigenvalue weighted by Crippen LogP contribution is -2.44. The molecule has 2 unspecified atom stereocenters. The van der Waals surface area contributed by atoms with Crippen molar-refractivity contribution < 1.29 is 8.85 Å². The fourth-order valence-electron chi connectivity index (χ4n) is 3.42. The van der Waals surface area contributed by atoms with Gasteiger partial charge in [0, 0.05) is 12.0 Å². The molecule has 1 heterocycles. The van der Waals surface area contributed by atoms with Crippen molar-refractivity contribution in [2.75, 3.05) is 6.61 Å². The highest BCUT2D eigenvalue weighted by Gasteiger charge is 2.39. The Hall–Kier alpha value is -0.536. The van der Waals surface area contributed by atoms with Gasteiger partial charge in [-0.2, -0.15) is 0 Å². The largest absolute Gasteiger partial charge is 0.417 e. The van der Waals surface area contributed by atoms with Gasteiger partial charge in [-0.05, 0) is 100 Å². The normalized spacial score (nSPS) is 16.4. The van der Waals surface area contributed by atoms with Gasteiger partial charge in [-0.1, -0.05) is 60.1 Å². The molecule has 6 heteroatoms. The number of allylic oxidation sites excluding steroid dienone is 1. The van der Waals surface area contributed by atoms with Crippen molar-refractivity contribution in [2.24, 2.45) is 5.92 Å². The lowest BCUT2D eigenvalue weighted by atomic mass is 10.0. The van der Waals surface area contributed by atoms with E-state index >= 15 is 0 Å². The van der Waals surface area contributed by atoms with E-state index in [4.69, 9.17) is 8.85 Å². The topological polar surface area (TPSA) is 31.4 Å². The molecule has 0 aromatic carbocycles. The van der Waals surface area contributed by atoms with E-state index in [2.05, 4.69) is 118 Å². The summed E-state index contributed by atoms with van der Waals surface area (Å²) in [5.74, 6) is 0.605. The minimum Gasteiger partial charge on any atom is -0.417 e. The van der Waals surface area contributed by atoms with Crippen molar-refractivity contribution in [1.82, 2.24) is 4.98 Å². The standard InChI is InChI=1S/C30H57NO2SSi2/c1-23(16-15-17-24(2)21-32-35(11,12)29(5,6)7)18-19-28(33-36(13,14)30(8,9)10)25(3)20-27-22-34-26(4)31-27/h18,20,22,24,28H,15-17,19,21H2,1-14H3. The molecule has 0 fully saturated rings. The quantitative estimate of drug-likeness (QED) is 0.180. The van der Waals surface area contributed by atoms with E-state index in [0.717, 1.165) is 30.2 Å². The smallest absolute Gasteiger partial charge is 0.192 e. The van der Waals surface area contributed by atoms with Gasteiger partial charge in [0.1, 0.15) is 0 Å². The fourth-order valence-corrected chi connectivity index (χ4v) is 6.47. The predicted octanol–water partition coefficient (Wildman–Crippen LogP) is 10.4. The monoisotopic (exact) mass is 551 g/mol. The van der Waals surface area contributed by atoms with Crippen LogP contribution in [0, 0.1) is 12.8 Å². The molecule has 0 aliphatic heterocycles. The second-order valence-corrected chi connectivity index (χ2v) is 24.5. The average Bonchev–Trinajstić information content (AvgIpc) is 3.12. The number of aromatic nitrogens is 1. The Morgan fingerprint density at radius 1 is 1.03 bits per heavy atom. The average molecular weight is 552 g/mol. The summed E-state index contributed by atoms with van der Waals surface area (Å²) in [6.07, 6.45) is 9.22. The van der Waals surface area contributed by atoms with Gasteiger partial charge in [0.15, 0.2) is 16.6 Å². The summed E-state index contributed by atoms with van der Waals surface area (Å²) in [6.45, 7) is 33.1.